The first-order valence-electron chi connectivity index (χ1n) is 5.55. The van der Waals surface area contributed by atoms with Gasteiger partial charge in [-0.3, -0.25) is 4.90 Å². The lowest BCUT2D eigenvalue weighted by Gasteiger charge is -2.35. The maximum Gasteiger partial charge on any atom is 0.152 e. The van der Waals surface area contributed by atoms with Crippen LogP contribution in [0, 0.1) is 5.92 Å². The van der Waals surface area contributed by atoms with Gasteiger partial charge in [-0.15, -0.1) is 0 Å². The Kier molecular flexibility index (Phi) is 4.55. The first-order valence-corrected chi connectivity index (χ1v) is 7.37. The van der Waals surface area contributed by atoms with Gasteiger partial charge in [0, 0.05) is 19.1 Å². The number of hydrogen-bond acceptors (Lipinski definition) is 4. The molecule has 1 aliphatic heterocycles. The smallest absolute Gasteiger partial charge is 0.152 e. The first kappa shape index (κ1) is 12.9. The van der Waals surface area contributed by atoms with E-state index in [0.717, 1.165) is 6.54 Å². The molecule has 1 aliphatic rings. The summed E-state index contributed by atoms with van der Waals surface area (Å²) in [7, 11) is -0.796. The summed E-state index contributed by atoms with van der Waals surface area (Å²) in [6.07, 6.45) is 0. The Hall–Kier alpha value is -0.130. The van der Waals surface area contributed by atoms with Crippen molar-refractivity contribution in [2.45, 2.75) is 19.9 Å². The maximum absolute atomic E-state index is 11.3. The van der Waals surface area contributed by atoms with Crippen LogP contribution in [0.25, 0.3) is 0 Å². The molecule has 1 saturated heterocycles. The fourth-order valence-corrected chi connectivity index (χ4v) is 3.22. The highest BCUT2D eigenvalue weighted by atomic mass is 32.2. The van der Waals surface area contributed by atoms with Crippen molar-refractivity contribution < 1.29 is 8.42 Å². The molecule has 15 heavy (non-hydrogen) atoms. The molecule has 1 N–H and O–H groups in total. The number of sulfone groups is 1. The summed E-state index contributed by atoms with van der Waals surface area (Å²) in [6, 6.07) is 0.452. The summed E-state index contributed by atoms with van der Waals surface area (Å²) in [5, 5.41) is 3.16. The molecule has 0 bridgehead atoms. The second-order valence-corrected chi connectivity index (χ2v) is 6.77. The van der Waals surface area contributed by atoms with Gasteiger partial charge in [-0.1, -0.05) is 6.92 Å². The molecule has 1 fully saturated rings. The van der Waals surface area contributed by atoms with E-state index in [4.69, 9.17) is 0 Å². The molecule has 2 atom stereocenters. The molecule has 1 heterocycles. The Balaban J connectivity index is 2.45. The van der Waals surface area contributed by atoms with E-state index < -0.39 is 9.84 Å². The molecule has 0 saturated carbocycles. The Labute approximate surface area is 93.0 Å². The second kappa shape index (κ2) is 5.27. The quantitative estimate of drug-likeness (QED) is 0.741. The van der Waals surface area contributed by atoms with E-state index in [0.29, 0.717) is 36.6 Å². The van der Waals surface area contributed by atoms with E-state index in [-0.39, 0.29) is 0 Å². The minimum Gasteiger partial charge on any atom is -0.319 e. The average molecular weight is 234 g/mol. The highest BCUT2D eigenvalue weighted by molar-refractivity contribution is 7.91. The summed E-state index contributed by atoms with van der Waals surface area (Å²) in [5.41, 5.74) is 0. The predicted octanol–water partition coefficient (Wildman–Crippen LogP) is -0.0392. The monoisotopic (exact) mass is 234 g/mol. The fourth-order valence-electron chi connectivity index (χ4n) is 1.99. The summed E-state index contributed by atoms with van der Waals surface area (Å²) >= 11 is 0. The zero-order valence-corrected chi connectivity index (χ0v) is 10.7. The third kappa shape index (κ3) is 3.74. The van der Waals surface area contributed by atoms with E-state index in [9.17, 15) is 8.42 Å². The first-order chi connectivity index (χ1) is 6.96. The molecule has 4 nitrogen and oxygen atoms in total. The minimum atomic E-state index is -2.74. The molecule has 0 spiro atoms. The standard InChI is InChI=1S/C10H22N2O2S/c1-9(8-11-3)10(2)12-4-6-15(13,14)7-5-12/h9-11H,4-8H2,1-3H3. The summed E-state index contributed by atoms with van der Waals surface area (Å²) in [5.74, 6) is 1.20. The highest BCUT2D eigenvalue weighted by Gasteiger charge is 2.26. The van der Waals surface area contributed by atoms with E-state index in [1.54, 1.807) is 0 Å². The third-order valence-corrected chi connectivity index (χ3v) is 4.91. The SMILES string of the molecule is CNCC(C)C(C)N1CCS(=O)(=O)CC1. The van der Waals surface area contributed by atoms with E-state index in [2.05, 4.69) is 24.1 Å². The molecular weight excluding hydrogens is 212 g/mol. The molecule has 0 amide bonds. The van der Waals surface area contributed by atoms with Crippen molar-refractivity contribution in [1.29, 1.82) is 0 Å². The molecular formula is C10H22N2O2S. The number of nitrogens with zero attached hydrogens (tertiary/aromatic N) is 1. The van der Waals surface area contributed by atoms with Crippen LogP contribution in [0.4, 0.5) is 0 Å². The second-order valence-electron chi connectivity index (χ2n) is 4.46. The summed E-state index contributed by atoms with van der Waals surface area (Å²) < 4.78 is 22.6. The normalized spacial score (nSPS) is 26.1. The lowest BCUT2D eigenvalue weighted by Crippen LogP contribution is -2.48. The summed E-state index contributed by atoms with van der Waals surface area (Å²) in [4.78, 5) is 2.28. The molecule has 1 rings (SSSR count). The van der Waals surface area contributed by atoms with Crippen LogP contribution in [-0.4, -0.2) is 57.5 Å². The number of hydrogen-bond donors (Lipinski definition) is 1. The number of rotatable bonds is 4. The van der Waals surface area contributed by atoms with Crippen molar-refractivity contribution in [3.05, 3.63) is 0 Å². The molecule has 0 radical (unpaired) electrons. The molecule has 0 aromatic rings. The molecule has 5 heteroatoms. The van der Waals surface area contributed by atoms with Crippen molar-refractivity contribution >= 4 is 9.84 Å². The maximum atomic E-state index is 11.3. The Morgan fingerprint density at radius 1 is 1.27 bits per heavy atom. The van der Waals surface area contributed by atoms with Gasteiger partial charge < -0.3 is 5.32 Å². The predicted molar refractivity (Wildman–Crippen MR) is 62.8 cm³/mol. The van der Waals surface area contributed by atoms with Gasteiger partial charge >= 0.3 is 0 Å². The van der Waals surface area contributed by atoms with Crippen molar-refractivity contribution in [2.24, 2.45) is 5.92 Å². The Bertz CT molecular complexity index is 276. The zero-order chi connectivity index (χ0) is 11.5. The lowest BCUT2D eigenvalue weighted by molar-refractivity contribution is 0.173. The molecule has 0 aromatic carbocycles. The van der Waals surface area contributed by atoms with Crippen molar-refractivity contribution in [2.75, 3.05) is 38.2 Å². The van der Waals surface area contributed by atoms with Crippen LogP contribution in [0.15, 0.2) is 0 Å². The largest absolute Gasteiger partial charge is 0.319 e. The van der Waals surface area contributed by atoms with Gasteiger partial charge in [0.15, 0.2) is 9.84 Å². The van der Waals surface area contributed by atoms with Crippen molar-refractivity contribution in [1.82, 2.24) is 10.2 Å². The topological polar surface area (TPSA) is 49.4 Å². The Morgan fingerprint density at radius 2 is 1.80 bits per heavy atom. The lowest BCUT2D eigenvalue weighted by atomic mass is 10.0. The van der Waals surface area contributed by atoms with Crippen LogP contribution >= 0.6 is 0 Å². The van der Waals surface area contributed by atoms with Crippen molar-refractivity contribution in [3.63, 3.8) is 0 Å². The fraction of sp³-hybridized carbons (Fsp3) is 1.00. The highest BCUT2D eigenvalue weighted by Crippen LogP contribution is 2.14. The van der Waals surface area contributed by atoms with Crippen LogP contribution in [-0.2, 0) is 9.84 Å². The van der Waals surface area contributed by atoms with Gasteiger partial charge in [-0.05, 0) is 26.4 Å². The van der Waals surface area contributed by atoms with Gasteiger partial charge in [0.2, 0.25) is 0 Å². The van der Waals surface area contributed by atoms with Crippen LogP contribution in [0.3, 0.4) is 0 Å². The van der Waals surface area contributed by atoms with Crippen LogP contribution in [0.2, 0.25) is 0 Å². The zero-order valence-electron chi connectivity index (χ0n) is 9.86. The van der Waals surface area contributed by atoms with Crippen LogP contribution in [0.1, 0.15) is 13.8 Å². The van der Waals surface area contributed by atoms with Crippen LogP contribution < -0.4 is 5.32 Å². The van der Waals surface area contributed by atoms with Crippen molar-refractivity contribution in [3.8, 4) is 0 Å². The number of nitrogens with one attached hydrogen (secondary N) is 1. The molecule has 0 aromatic heterocycles. The average Bonchev–Trinajstić information content (AvgIpc) is 2.17. The summed E-state index contributed by atoms with van der Waals surface area (Å²) in [6.45, 7) is 6.74. The van der Waals surface area contributed by atoms with Gasteiger partial charge in [0.25, 0.3) is 0 Å². The molecule has 0 aliphatic carbocycles. The van der Waals surface area contributed by atoms with E-state index in [1.807, 2.05) is 7.05 Å². The van der Waals surface area contributed by atoms with Gasteiger partial charge in [-0.25, -0.2) is 8.42 Å². The minimum absolute atomic E-state index is 0.323. The van der Waals surface area contributed by atoms with Gasteiger partial charge in [0.05, 0.1) is 11.5 Å². The molecule has 2 unspecified atom stereocenters. The Morgan fingerprint density at radius 3 is 2.27 bits per heavy atom. The van der Waals surface area contributed by atoms with E-state index in [1.165, 1.54) is 0 Å². The van der Waals surface area contributed by atoms with E-state index >= 15 is 0 Å². The van der Waals surface area contributed by atoms with Gasteiger partial charge in [-0.2, -0.15) is 0 Å². The molecule has 90 valence electrons. The van der Waals surface area contributed by atoms with Crippen LogP contribution in [0.5, 0.6) is 0 Å². The van der Waals surface area contributed by atoms with Gasteiger partial charge in [0.1, 0.15) is 0 Å². The third-order valence-electron chi connectivity index (χ3n) is 3.30.